The van der Waals surface area contributed by atoms with Gasteiger partial charge in [-0.2, -0.15) is 5.26 Å². The van der Waals surface area contributed by atoms with Gasteiger partial charge in [0.2, 0.25) is 0 Å². The Morgan fingerprint density at radius 2 is 1.74 bits per heavy atom. The normalized spacial score (nSPS) is 18.4. The number of urea groups is 1. The van der Waals surface area contributed by atoms with Gasteiger partial charge in [-0.25, -0.2) is 19.6 Å². The van der Waals surface area contributed by atoms with Crippen LogP contribution in [0.1, 0.15) is 71.1 Å². The summed E-state index contributed by atoms with van der Waals surface area (Å²) in [4.78, 5) is 37.6. The molecule has 3 aliphatic heterocycles. The molecule has 0 unspecified atom stereocenters. The molecule has 11 heteroatoms. The molecule has 3 saturated heterocycles. The number of nitrogens with one attached hydrogen (secondary N) is 2. The average molecular weight is 577 g/mol. The molecule has 3 aliphatic rings. The van der Waals surface area contributed by atoms with E-state index in [1.807, 2.05) is 32.9 Å². The Morgan fingerprint density at radius 3 is 2.26 bits per heavy atom. The minimum atomic E-state index is -0.482. The van der Waals surface area contributed by atoms with Gasteiger partial charge in [-0.05, 0) is 76.0 Å². The van der Waals surface area contributed by atoms with Gasteiger partial charge in [-0.15, -0.1) is 0 Å². The first-order chi connectivity index (χ1) is 20.0. The fraction of sp³-hybridized carbons (Fsp3) is 0.581. The quantitative estimate of drug-likeness (QED) is 0.520. The van der Waals surface area contributed by atoms with Gasteiger partial charge in [0.05, 0.1) is 6.20 Å². The number of piperidine rings is 2. The molecule has 2 N–H and O–H groups in total. The number of benzene rings is 1. The highest BCUT2D eigenvalue weighted by atomic mass is 16.6. The molecule has 0 aliphatic carbocycles. The molecule has 42 heavy (non-hydrogen) atoms. The number of likely N-dealkylation sites (N-methyl/N-ethyl adjacent to an activating group) is 1. The number of carbonyl (C=O) groups is 2. The van der Waals surface area contributed by atoms with Crippen molar-refractivity contribution in [1.82, 2.24) is 25.1 Å². The second kappa shape index (κ2) is 13.3. The van der Waals surface area contributed by atoms with E-state index in [0.29, 0.717) is 18.9 Å². The van der Waals surface area contributed by atoms with Gasteiger partial charge in [0.15, 0.2) is 11.5 Å². The Bertz CT molecular complexity index is 1270. The first-order valence-corrected chi connectivity index (χ1v) is 14.8. The van der Waals surface area contributed by atoms with Crippen LogP contribution in [0.4, 0.5) is 26.9 Å². The molecule has 1 aromatic carbocycles. The highest BCUT2D eigenvalue weighted by Crippen LogP contribution is 2.36. The van der Waals surface area contributed by atoms with Crippen molar-refractivity contribution in [3.8, 4) is 6.07 Å². The van der Waals surface area contributed by atoms with E-state index in [1.165, 1.54) is 12.0 Å². The molecule has 3 amide bonds. The van der Waals surface area contributed by atoms with Gasteiger partial charge >= 0.3 is 12.1 Å². The van der Waals surface area contributed by atoms with E-state index in [1.54, 1.807) is 23.0 Å². The lowest BCUT2D eigenvalue weighted by atomic mass is 9.74. The highest BCUT2D eigenvalue weighted by Gasteiger charge is 2.34. The summed E-state index contributed by atoms with van der Waals surface area (Å²) in [6.07, 6.45) is 6.76. The molecule has 0 bridgehead atoms. The van der Waals surface area contributed by atoms with Gasteiger partial charge in [0.25, 0.3) is 0 Å². The van der Waals surface area contributed by atoms with Crippen LogP contribution in [0, 0.1) is 11.3 Å². The summed E-state index contributed by atoms with van der Waals surface area (Å²) in [5, 5.41) is 15.5. The number of hydrogen-bond donors (Lipinski definition) is 2. The van der Waals surface area contributed by atoms with Crippen LogP contribution in [-0.4, -0.2) is 83.8 Å². The summed E-state index contributed by atoms with van der Waals surface area (Å²) in [6.45, 7) is 12.9. The van der Waals surface area contributed by atoms with Crippen molar-refractivity contribution in [2.45, 2.75) is 70.8 Å². The smallest absolute Gasteiger partial charge is 0.410 e. The van der Waals surface area contributed by atoms with Crippen LogP contribution < -0.4 is 15.5 Å². The monoisotopic (exact) mass is 576 g/mol. The average Bonchev–Trinajstić information content (AvgIpc) is 3.35. The van der Waals surface area contributed by atoms with Crippen molar-refractivity contribution in [3.63, 3.8) is 0 Å². The zero-order valence-electron chi connectivity index (χ0n) is 25.6. The Kier molecular flexibility index (Phi) is 9.76. The molecular formula is C31H44N8O3. The number of likely N-dealkylation sites (tertiary alicyclic amines) is 1. The van der Waals surface area contributed by atoms with Crippen LogP contribution in [0.15, 0.2) is 30.5 Å². The van der Waals surface area contributed by atoms with Gasteiger partial charge in [0.1, 0.15) is 17.5 Å². The van der Waals surface area contributed by atoms with E-state index >= 15 is 0 Å². The van der Waals surface area contributed by atoms with Crippen molar-refractivity contribution < 1.29 is 14.3 Å². The minimum Gasteiger partial charge on any atom is -0.444 e. The lowest BCUT2D eigenvalue weighted by Crippen LogP contribution is -2.45. The predicted octanol–water partition coefficient (Wildman–Crippen LogP) is 5.01. The highest BCUT2D eigenvalue weighted by molar-refractivity contribution is 5.75. The first-order valence-electron chi connectivity index (χ1n) is 14.8. The predicted molar refractivity (Wildman–Crippen MR) is 163 cm³/mol. The van der Waals surface area contributed by atoms with E-state index in [2.05, 4.69) is 45.6 Å². The zero-order valence-corrected chi connectivity index (χ0v) is 25.6. The van der Waals surface area contributed by atoms with E-state index < -0.39 is 5.60 Å². The summed E-state index contributed by atoms with van der Waals surface area (Å²) in [7, 11) is 1.78. The van der Waals surface area contributed by atoms with Crippen LogP contribution >= 0.6 is 0 Å². The lowest BCUT2D eigenvalue weighted by molar-refractivity contribution is 0.0172. The minimum absolute atomic E-state index is 0.0111. The summed E-state index contributed by atoms with van der Waals surface area (Å²) in [6, 6.07) is 10.5. The molecule has 1 aromatic heterocycles. The Labute approximate surface area is 249 Å². The Morgan fingerprint density at radius 1 is 1.07 bits per heavy atom. The van der Waals surface area contributed by atoms with Crippen molar-refractivity contribution >= 4 is 29.4 Å². The van der Waals surface area contributed by atoms with Crippen molar-refractivity contribution in [2.24, 2.45) is 0 Å². The van der Waals surface area contributed by atoms with Gasteiger partial charge < -0.3 is 30.1 Å². The zero-order chi connectivity index (χ0) is 30.3. The topological polar surface area (TPSA) is 127 Å². The van der Waals surface area contributed by atoms with Crippen molar-refractivity contribution in [2.75, 3.05) is 56.5 Å². The van der Waals surface area contributed by atoms with Crippen molar-refractivity contribution in [1.29, 1.82) is 5.26 Å². The molecule has 0 saturated carbocycles. The molecular weight excluding hydrogens is 532 g/mol. The number of rotatable bonds is 4. The fourth-order valence-corrected chi connectivity index (χ4v) is 5.28. The standard InChI is InChI=1S/C27H36N6O2.C4H8N2O/c1-26(2,3)35-25(34)33-16-12-27(4,13-17-33)20-8-10-21(11-9-20)30-24-22(18-28)29-19-23(31-24)32-14-6-5-7-15-32;1-6-3-2-5-4(6)7/h8-11,19H,5-7,12-17H2,1-4H3,(H,30,31);2-3H2,1H3,(H,5,7). The fourth-order valence-electron chi connectivity index (χ4n) is 5.28. The second-order valence-corrected chi connectivity index (χ2v) is 12.5. The second-order valence-electron chi connectivity index (χ2n) is 12.5. The number of amides is 3. The maximum absolute atomic E-state index is 12.4. The molecule has 4 heterocycles. The molecule has 0 radical (unpaired) electrons. The molecule has 0 spiro atoms. The number of ether oxygens (including phenoxy) is 1. The Balaban J connectivity index is 0.000000507. The number of nitriles is 1. The summed E-state index contributed by atoms with van der Waals surface area (Å²) in [5.74, 6) is 1.30. The number of nitrogens with zero attached hydrogens (tertiary/aromatic N) is 6. The molecule has 3 fully saturated rings. The molecule has 0 atom stereocenters. The van der Waals surface area contributed by atoms with Gasteiger partial charge in [-0.3, -0.25) is 0 Å². The van der Waals surface area contributed by atoms with Crippen LogP contribution in [0.5, 0.6) is 0 Å². The maximum atomic E-state index is 12.4. The third-order valence-corrected chi connectivity index (χ3v) is 7.98. The first kappa shape index (κ1) is 30.9. The van der Waals surface area contributed by atoms with E-state index in [4.69, 9.17) is 9.72 Å². The van der Waals surface area contributed by atoms with Gasteiger partial charge in [-0.1, -0.05) is 19.1 Å². The Hall–Kier alpha value is -4.07. The van der Waals surface area contributed by atoms with Gasteiger partial charge in [0, 0.05) is 52.0 Å². The number of aromatic nitrogens is 2. The molecule has 2 aromatic rings. The number of hydrogen-bond acceptors (Lipinski definition) is 8. The molecule has 11 nitrogen and oxygen atoms in total. The van der Waals surface area contributed by atoms with Crippen molar-refractivity contribution in [3.05, 3.63) is 41.7 Å². The maximum Gasteiger partial charge on any atom is 0.410 e. The van der Waals surface area contributed by atoms with Crippen LogP contribution in [0.25, 0.3) is 0 Å². The van der Waals surface area contributed by atoms with E-state index in [0.717, 1.165) is 63.4 Å². The summed E-state index contributed by atoms with van der Waals surface area (Å²) < 4.78 is 5.53. The third-order valence-electron chi connectivity index (χ3n) is 7.98. The number of carbonyl (C=O) groups excluding carboxylic acids is 2. The molecule has 226 valence electrons. The largest absolute Gasteiger partial charge is 0.444 e. The van der Waals surface area contributed by atoms with E-state index in [-0.39, 0.29) is 23.2 Å². The third kappa shape index (κ3) is 8.02. The molecule has 5 rings (SSSR count). The SMILES string of the molecule is CC(C)(C)OC(=O)N1CCC(C)(c2ccc(Nc3nc(N4CCCCC4)cnc3C#N)cc2)CC1.CN1CCNC1=O. The van der Waals surface area contributed by atoms with Crippen LogP contribution in [0.2, 0.25) is 0 Å². The summed E-state index contributed by atoms with van der Waals surface area (Å²) in [5.41, 5.74) is 1.90. The van der Waals surface area contributed by atoms with Crippen LogP contribution in [-0.2, 0) is 10.2 Å². The number of anilines is 3. The van der Waals surface area contributed by atoms with E-state index in [9.17, 15) is 14.9 Å². The lowest BCUT2D eigenvalue weighted by Gasteiger charge is -2.40. The van der Waals surface area contributed by atoms with Crippen LogP contribution in [0.3, 0.4) is 0 Å². The summed E-state index contributed by atoms with van der Waals surface area (Å²) >= 11 is 0.